The van der Waals surface area contributed by atoms with Crippen LogP contribution in [0.2, 0.25) is 0 Å². The maximum absolute atomic E-state index is 11.1. The molecule has 4 nitrogen and oxygen atoms in total. The van der Waals surface area contributed by atoms with Crippen LogP contribution in [0.1, 0.15) is 96.8 Å². The van der Waals surface area contributed by atoms with Gasteiger partial charge in [-0.05, 0) is 12.8 Å². The zero-order valence-corrected chi connectivity index (χ0v) is 17.9. The molecule has 0 aliphatic carbocycles. The summed E-state index contributed by atoms with van der Waals surface area (Å²) in [6.45, 7) is 2.65. The monoisotopic (exact) mass is 377 g/mol. The molecule has 0 amide bonds. The number of unbranched alkanes of at least 4 members (excludes halogenated alkanes) is 11. The van der Waals surface area contributed by atoms with Crippen LogP contribution in [0.4, 0.5) is 0 Å². The summed E-state index contributed by atoms with van der Waals surface area (Å²) in [6.07, 6.45) is 14.9. The molecule has 0 N–H and O–H groups in total. The molecule has 0 saturated carbocycles. The summed E-state index contributed by atoms with van der Waals surface area (Å²) < 4.78 is 4.95. The number of carboxylic acid groups (broad SMARTS) is 1. The van der Waals surface area contributed by atoms with E-state index in [1.165, 1.54) is 64.2 Å². The van der Waals surface area contributed by atoms with Crippen LogP contribution in [0.3, 0.4) is 0 Å². The van der Waals surface area contributed by atoms with Crippen LogP contribution in [0.15, 0.2) is 0 Å². The summed E-state index contributed by atoms with van der Waals surface area (Å²) in [4.78, 5) is 21.3. The first-order chi connectivity index (χ1) is 10.7. The second kappa shape index (κ2) is 19.6. The van der Waals surface area contributed by atoms with Crippen molar-refractivity contribution < 1.29 is 38.9 Å². The molecule has 5 heteroatoms. The molecule has 0 radical (unpaired) electrons. The van der Waals surface area contributed by atoms with Gasteiger partial charge in [0, 0.05) is 5.97 Å². The van der Waals surface area contributed by atoms with Gasteiger partial charge in [-0.1, -0.05) is 77.6 Å². The Bertz CT molecular complexity index is 282. The third kappa shape index (κ3) is 21.6. The van der Waals surface area contributed by atoms with E-state index in [0.717, 1.165) is 12.8 Å². The number of carbonyl (C=O) groups is 2. The van der Waals surface area contributed by atoms with Gasteiger partial charge in [0.2, 0.25) is 0 Å². The third-order valence-corrected chi connectivity index (χ3v) is 3.79. The average Bonchev–Trinajstić information content (AvgIpc) is 2.49. The maximum atomic E-state index is 11.1. The van der Waals surface area contributed by atoms with Crippen molar-refractivity contribution in [1.82, 2.24) is 0 Å². The van der Waals surface area contributed by atoms with Gasteiger partial charge in [-0.3, -0.25) is 4.79 Å². The molecular formula is C18H33O4Zn+. The average molecular weight is 379 g/mol. The molecule has 130 valence electrons. The van der Waals surface area contributed by atoms with Crippen LogP contribution < -0.4 is 5.11 Å². The van der Waals surface area contributed by atoms with E-state index in [1.807, 2.05) is 0 Å². The minimum Gasteiger partial charge on any atom is -0.550 e. The Morgan fingerprint density at radius 3 is 1.61 bits per heavy atom. The number of carbonyl (C=O) groups excluding carboxylic acids is 2. The quantitative estimate of drug-likeness (QED) is 0.233. The summed E-state index contributed by atoms with van der Waals surface area (Å²) in [5.74, 6) is -1.64. The van der Waals surface area contributed by atoms with Crippen molar-refractivity contribution in [2.24, 2.45) is 0 Å². The molecule has 0 atom stereocenters. The van der Waals surface area contributed by atoms with Gasteiger partial charge in [0.05, 0.1) is 13.0 Å². The first-order valence-electron chi connectivity index (χ1n) is 9.02. The predicted octanol–water partition coefficient (Wildman–Crippen LogP) is 3.76. The van der Waals surface area contributed by atoms with E-state index < -0.39 is 11.9 Å². The van der Waals surface area contributed by atoms with E-state index in [9.17, 15) is 14.7 Å². The van der Waals surface area contributed by atoms with Crippen LogP contribution >= 0.6 is 0 Å². The van der Waals surface area contributed by atoms with Crippen LogP contribution in [-0.4, -0.2) is 18.5 Å². The molecular weight excluding hydrogens is 346 g/mol. The summed E-state index contributed by atoms with van der Waals surface area (Å²) in [5.41, 5.74) is 0. The van der Waals surface area contributed by atoms with E-state index in [0.29, 0.717) is 6.61 Å². The fourth-order valence-corrected chi connectivity index (χ4v) is 2.41. The van der Waals surface area contributed by atoms with Gasteiger partial charge in [0.15, 0.2) is 0 Å². The van der Waals surface area contributed by atoms with Crippen molar-refractivity contribution in [3.8, 4) is 0 Å². The van der Waals surface area contributed by atoms with E-state index in [1.54, 1.807) is 0 Å². The Morgan fingerprint density at radius 2 is 1.17 bits per heavy atom. The Labute approximate surface area is 154 Å². The van der Waals surface area contributed by atoms with Crippen molar-refractivity contribution in [3.63, 3.8) is 0 Å². The molecule has 0 rings (SSSR count). The Kier molecular flexibility index (Phi) is 21.2. The molecule has 0 bridgehead atoms. The van der Waals surface area contributed by atoms with Gasteiger partial charge in [-0.25, -0.2) is 0 Å². The van der Waals surface area contributed by atoms with Crippen molar-refractivity contribution in [3.05, 3.63) is 0 Å². The predicted molar refractivity (Wildman–Crippen MR) is 86.3 cm³/mol. The zero-order valence-electron chi connectivity index (χ0n) is 14.9. The Balaban J connectivity index is 0. The fraction of sp³-hybridized carbons (Fsp3) is 0.889. The van der Waals surface area contributed by atoms with Gasteiger partial charge in [-0.15, -0.1) is 0 Å². The van der Waals surface area contributed by atoms with Crippen molar-refractivity contribution in [1.29, 1.82) is 0 Å². The first kappa shape index (κ1) is 24.8. The SMILES string of the molecule is CCCCCCCCCCCCCCOC(=O)CCC(=O)[O-].[Zn+2]. The van der Waals surface area contributed by atoms with Gasteiger partial charge in [-0.2, -0.15) is 0 Å². The van der Waals surface area contributed by atoms with Crippen LogP contribution in [0, 0.1) is 0 Å². The molecule has 0 saturated heterocycles. The molecule has 0 aliphatic rings. The molecule has 0 heterocycles. The minimum absolute atomic E-state index is 0. The first-order valence-corrected chi connectivity index (χ1v) is 9.02. The van der Waals surface area contributed by atoms with Crippen molar-refractivity contribution in [2.75, 3.05) is 6.61 Å². The number of esters is 1. The number of hydrogen-bond acceptors (Lipinski definition) is 4. The molecule has 0 aromatic carbocycles. The summed E-state index contributed by atoms with van der Waals surface area (Å²) in [6, 6.07) is 0. The minimum atomic E-state index is -1.21. The van der Waals surface area contributed by atoms with Crippen LogP contribution in [0.25, 0.3) is 0 Å². The zero-order chi connectivity index (χ0) is 16.5. The second-order valence-electron chi connectivity index (χ2n) is 5.98. The number of carboxylic acids is 1. The maximum Gasteiger partial charge on any atom is 2.00 e. The molecule has 23 heavy (non-hydrogen) atoms. The number of aliphatic carboxylic acids is 1. The molecule has 0 aliphatic heterocycles. The van der Waals surface area contributed by atoms with Gasteiger partial charge in [0.1, 0.15) is 0 Å². The summed E-state index contributed by atoms with van der Waals surface area (Å²) in [5, 5.41) is 10.2. The molecule has 0 fully saturated rings. The third-order valence-electron chi connectivity index (χ3n) is 3.79. The number of rotatable bonds is 16. The standard InChI is InChI=1S/C18H34O4.Zn/c1-2-3-4-5-6-7-8-9-10-11-12-13-16-22-18(21)15-14-17(19)20;/h2-16H2,1H3,(H,19,20);/q;+2/p-1. The van der Waals surface area contributed by atoms with Crippen LogP contribution in [0.5, 0.6) is 0 Å². The van der Waals surface area contributed by atoms with Gasteiger partial charge in [0.25, 0.3) is 0 Å². The number of hydrogen-bond donors (Lipinski definition) is 0. The van der Waals surface area contributed by atoms with Crippen molar-refractivity contribution in [2.45, 2.75) is 96.8 Å². The Morgan fingerprint density at radius 1 is 0.739 bits per heavy atom. The summed E-state index contributed by atoms with van der Waals surface area (Å²) >= 11 is 0. The number of ether oxygens (including phenoxy) is 1. The van der Waals surface area contributed by atoms with Crippen LogP contribution in [-0.2, 0) is 33.8 Å². The fourth-order valence-electron chi connectivity index (χ4n) is 2.41. The second-order valence-corrected chi connectivity index (χ2v) is 5.98. The summed E-state index contributed by atoms with van der Waals surface area (Å²) in [7, 11) is 0. The topological polar surface area (TPSA) is 66.4 Å². The largest absolute Gasteiger partial charge is 2.00 e. The van der Waals surface area contributed by atoms with Gasteiger partial charge >= 0.3 is 25.4 Å². The normalized spacial score (nSPS) is 10.1. The van der Waals surface area contributed by atoms with E-state index in [4.69, 9.17) is 4.74 Å². The van der Waals surface area contributed by atoms with E-state index in [2.05, 4.69) is 6.92 Å². The van der Waals surface area contributed by atoms with E-state index >= 15 is 0 Å². The molecule has 0 unspecified atom stereocenters. The van der Waals surface area contributed by atoms with E-state index in [-0.39, 0.29) is 32.3 Å². The Hall–Kier alpha value is -0.437. The smallest absolute Gasteiger partial charge is 0.550 e. The molecule has 0 aromatic rings. The molecule has 0 aromatic heterocycles. The van der Waals surface area contributed by atoms with Gasteiger partial charge < -0.3 is 14.6 Å². The van der Waals surface area contributed by atoms with Crippen molar-refractivity contribution >= 4 is 11.9 Å². The molecule has 0 spiro atoms.